The summed E-state index contributed by atoms with van der Waals surface area (Å²) in [5.41, 5.74) is 0. The summed E-state index contributed by atoms with van der Waals surface area (Å²) in [7, 11) is 1.68. The molecule has 0 fully saturated rings. The van der Waals surface area contributed by atoms with E-state index in [2.05, 4.69) is 19.2 Å². The molecular formula is C11H23NO2. The Kier molecular flexibility index (Phi) is 8.64. The first-order valence-electron chi connectivity index (χ1n) is 5.55. The monoisotopic (exact) mass is 201 g/mol. The predicted molar refractivity (Wildman–Crippen MR) is 58.2 cm³/mol. The maximum atomic E-state index is 11.4. The number of amides is 1. The molecule has 0 rings (SSSR count). The minimum Gasteiger partial charge on any atom is -0.381 e. The Hall–Kier alpha value is -0.570. The average Bonchev–Trinajstić information content (AvgIpc) is 2.21. The number of carbonyl (C=O) groups excluding carboxylic acids is 1. The molecule has 0 heterocycles. The van der Waals surface area contributed by atoms with Crippen LogP contribution in [0.25, 0.3) is 0 Å². The van der Waals surface area contributed by atoms with Crippen molar-refractivity contribution in [1.29, 1.82) is 0 Å². The summed E-state index contributed by atoms with van der Waals surface area (Å²) in [6.45, 7) is 5.55. The Balaban J connectivity index is 3.67. The molecule has 1 N–H and O–H groups in total. The molecule has 0 aliphatic rings. The molecule has 0 radical (unpaired) electrons. The van der Waals surface area contributed by atoms with E-state index in [0.717, 1.165) is 32.3 Å². The molecule has 0 saturated heterocycles. The number of rotatable bonds is 8. The Morgan fingerprint density at radius 2 is 2.07 bits per heavy atom. The van der Waals surface area contributed by atoms with Crippen LogP contribution in [0.5, 0.6) is 0 Å². The summed E-state index contributed by atoms with van der Waals surface area (Å²) >= 11 is 0. The van der Waals surface area contributed by atoms with Gasteiger partial charge in [0.05, 0.1) is 12.5 Å². The van der Waals surface area contributed by atoms with Gasteiger partial charge >= 0.3 is 0 Å². The highest BCUT2D eigenvalue weighted by atomic mass is 16.5. The van der Waals surface area contributed by atoms with E-state index < -0.39 is 0 Å². The van der Waals surface area contributed by atoms with Gasteiger partial charge in [0.15, 0.2) is 0 Å². The fourth-order valence-corrected chi connectivity index (χ4v) is 1.31. The van der Waals surface area contributed by atoms with Gasteiger partial charge < -0.3 is 10.1 Å². The molecule has 0 aromatic carbocycles. The molecule has 0 saturated carbocycles. The molecule has 84 valence electrons. The topological polar surface area (TPSA) is 38.3 Å². The van der Waals surface area contributed by atoms with Crippen LogP contribution in [0.15, 0.2) is 0 Å². The van der Waals surface area contributed by atoms with Crippen LogP contribution in [-0.4, -0.2) is 26.2 Å². The van der Waals surface area contributed by atoms with Gasteiger partial charge in [-0.15, -0.1) is 0 Å². The second-order valence-corrected chi connectivity index (χ2v) is 3.53. The zero-order chi connectivity index (χ0) is 10.8. The van der Waals surface area contributed by atoms with Crippen molar-refractivity contribution in [3.8, 4) is 0 Å². The third-order valence-electron chi connectivity index (χ3n) is 2.22. The standard InChI is InChI=1S/C11H23NO2/c1-4-6-8-14-9-10(7-5-2)11(13)12-3/h10H,4-9H2,1-3H3,(H,12,13). The minimum atomic E-state index is 0.0295. The zero-order valence-electron chi connectivity index (χ0n) is 9.64. The largest absolute Gasteiger partial charge is 0.381 e. The Bertz CT molecular complexity index is 148. The zero-order valence-corrected chi connectivity index (χ0v) is 9.64. The summed E-state index contributed by atoms with van der Waals surface area (Å²) in [4.78, 5) is 11.4. The summed E-state index contributed by atoms with van der Waals surface area (Å²) < 4.78 is 5.45. The Morgan fingerprint density at radius 1 is 1.36 bits per heavy atom. The first-order valence-corrected chi connectivity index (χ1v) is 5.55. The first kappa shape index (κ1) is 13.4. The number of unbranched alkanes of at least 4 members (excludes halogenated alkanes) is 1. The molecule has 0 aromatic rings. The van der Waals surface area contributed by atoms with E-state index in [4.69, 9.17) is 4.74 Å². The molecule has 3 heteroatoms. The highest BCUT2D eigenvalue weighted by molar-refractivity contribution is 5.78. The molecule has 0 aliphatic heterocycles. The van der Waals surface area contributed by atoms with E-state index in [0.29, 0.717) is 6.61 Å². The highest BCUT2D eigenvalue weighted by Crippen LogP contribution is 2.07. The first-order chi connectivity index (χ1) is 6.76. The third-order valence-corrected chi connectivity index (χ3v) is 2.22. The van der Waals surface area contributed by atoms with Crippen LogP contribution in [0.2, 0.25) is 0 Å². The van der Waals surface area contributed by atoms with E-state index in [9.17, 15) is 4.79 Å². The molecular weight excluding hydrogens is 178 g/mol. The second-order valence-electron chi connectivity index (χ2n) is 3.53. The number of carbonyl (C=O) groups is 1. The lowest BCUT2D eigenvalue weighted by Gasteiger charge is -2.14. The van der Waals surface area contributed by atoms with Gasteiger partial charge in [0.2, 0.25) is 5.91 Å². The van der Waals surface area contributed by atoms with Crippen molar-refractivity contribution >= 4 is 5.91 Å². The van der Waals surface area contributed by atoms with Gasteiger partial charge in [-0.1, -0.05) is 26.7 Å². The van der Waals surface area contributed by atoms with E-state index >= 15 is 0 Å². The van der Waals surface area contributed by atoms with E-state index in [1.165, 1.54) is 0 Å². The molecule has 14 heavy (non-hydrogen) atoms. The lowest BCUT2D eigenvalue weighted by molar-refractivity contribution is -0.126. The summed E-state index contributed by atoms with van der Waals surface area (Å²) in [5, 5.41) is 2.67. The maximum Gasteiger partial charge on any atom is 0.225 e. The molecule has 0 spiro atoms. The molecule has 0 bridgehead atoms. The minimum absolute atomic E-state index is 0.0295. The molecule has 3 nitrogen and oxygen atoms in total. The smallest absolute Gasteiger partial charge is 0.225 e. The molecule has 1 unspecified atom stereocenters. The van der Waals surface area contributed by atoms with Crippen molar-refractivity contribution in [1.82, 2.24) is 5.32 Å². The van der Waals surface area contributed by atoms with Crippen molar-refractivity contribution < 1.29 is 9.53 Å². The number of ether oxygens (including phenoxy) is 1. The lowest BCUT2D eigenvalue weighted by Crippen LogP contribution is -2.30. The molecule has 1 amide bonds. The number of hydrogen-bond acceptors (Lipinski definition) is 2. The molecule has 0 aliphatic carbocycles. The van der Waals surface area contributed by atoms with Gasteiger partial charge in [-0.3, -0.25) is 4.79 Å². The highest BCUT2D eigenvalue weighted by Gasteiger charge is 2.15. The van der Waals surface area contributed by atoms with Gasteiger partial charge in [-0.25, -0.2) is 0 Å². The Labute approximate surface area is 87.2 Å². The van der Waals surface area contributed by atoms with Crippen LogP contribution in [0.3, 0.4) is 0 Å². The van der Waals surface area contributed by atoms with Crippen molar-refractivity contribution in [2.45, 2.75) is 39.5 Å². The van der Waals surface area contributed by atoms with Crippen LogP contribution in [0.1, 0.15) is 39.5 Å². The van der Waals surface area contributed by atoms with Gasteiger partial charge in [-0.2, -0.15) is 0 Å². The predicted octanol–water partition coefficient (Wildman–Crippen LogP) is 1.97. The summed E-state index contributed by atoms with van der Waals surface area (Å²) in [5.74, 6) is 0.130. The van der Waals surface area contributed by atoms with Crippen molar-refractivity contribution in [3.05, 3.63) is 0 Å². The van der Waals surface area contributed by atoms with Crippen LogP contribution in [0.4, 0.5) is 0 Å². The van der Waals surface area contributed by atoms with E-state index in [1.807, 2.05) is 0 Å². The maximum absolute atomic E-state index is 11.4. The quantitative estimate of drug-likeness (QED) is 0.610. The summed E-state index contributed by atoms with van der Waals surface area (Å²) in [6.07, 6.45) is 4.14. The SMILES string of the molecule is CCCCOCC(CCC)C(=O)NC. The van der Waals surface area contributed by atoms with Crippen molar-refractivity contribution in [3.63, 3.8) is 0 Å². The normalized spacial score (nSPS) is 12.5. The van der Waals surface area contributed by atoms with Crippen molar-refractivity contribution in [2.75, 3.05) is 20.3 Å². The molecule has 0 aromatic heterocycles. The molecule has 1 atom stereocenters. The van der Waals surface area contributed by atoms with Crippen LogP contribution in [0, 0.1) is 5.92 Å². The van der Waals surface area contributed by atoms with Gasteiger partial charge in [0.25, 0.3) is 0 Å². The van der Waals surface area contributed by atoms with E-state index in [-0.39, 0.29) is 11.8 Å². The lowest BCUT2D eigenvalue weighted by atomic mass is 10.0. The van der Waals surface area contributed by atoms with Gasteiger partial charge in [0.1, 0.15) is 0 Å². The van der Waals surface area contributed by atoms with Gasteiger partial charge in [-0.05, 0) is 12.8 Å². The fourth-order valence-electron chi connectivity index (χ4n) is 1.31. The second kappa shape index (κ2) is 9.00. The van der Waals surface area contributed by atoms with Crippen LogP contribution < -0.4 is 5.32 Å². The fraction of sp³-hybridized carbons (Fsp3) is 0.909. The summed E-state index contributed by atoms with van der Waals surface area (Å²) in [6, 6.07) is 0. The number of hydrogen-bond donors (Lipinski definition) is 1. The van der Waals surface area contributed by atoms with E-state index in [1.54, 1.807) is 7.05 Å². The Morgan fingerprint density at radius 3 is 2.57 bits per heavy atom. The van der Waals surface area contributed by atoms with Gasteiger partial charge in [0, 0.05) is 13.7 Å². The van der Waals surface area contributed by atoms with Crippen LogP contribution >= 0.6 is 0 Å². The van der Waals surface area contributed by atoms with Crippen LogP contribution in [-0.2, 0) is 9.53 Å². The van der Waals surface area contributed by atoms with Crippen molar-refractivity contribution in [2.24, 2.45) is 5.92 Å². The third kappa shape index (κ3) is 5.97. The number of nitrogens with one attached hydrogen (secondary N) is 1. The average molecular weight is 201 g/mol.